The van der Waals surface area contributed by atoms with E-state index in [0.717, 1.165) is 6.08 Å². The Kier molecular flexibility index (Phi) is 5.13. The van der Waals surface area contributed by atoms with Gasteiger partial charge in [0.2, 0.25) is 0 Å². The number of aliphatic carboxylic acids is 1. The molecule has 0 bridgehead atoms. The van der Waals surface area contributed by atoms with E-state index in [1.807, 2.05) is 0 Å². The van der Waals surface area contributed by atoms with Crippen LogP contribution in [0.15, 0.2) is 30.3 Å². The summed E-state index contributed by atoms with van der Waals surface area (Å²) >= 11 is 0. The van der Waals surface area contributed by atoms with E-state index in [1.165, 1.54) is 30.3 Å². The molecule has 0 aliphatic heterocycles. The third kappa shape index (κ3) is 4.51. The summed E-state index contributed by atoms with van der Waals surface area (Å²) in [5.74, 6) is -1.61. The Balaban J connectivity index is 0.00000144. The fraction of sp³-hybridized carbons (Fsp3) is 0. The topological polar surface area (TPSA) is 40.1 Å². The van der Waals surface area contributed by atoms with Gasteiger partial charge in [-0.15, -0.1) is 0 Å². The van der Waals surface area contributed by atoms with E-state index in [0.29, 0.717) is 5.56 Å². The van der Waals surface area contributed by atoms with Crippen molar-refractivity contribution in [3.63, 3.8) is 0 Å². The van der Waals surface area contributed by atoms with Gasteiger partial charge >= 0.3 is 18.9 Å². The third-order valence-corrected chi connectivity index (χ3v) is 1.28. The van der Waals surface area contributed by atoms with Crippen LogP contribution in [-0.2, 0) is 4.79 Å². The molecule has 4 heteroatoms. The van der Waals surface area contributed by atoms with E-state index >= 15 is 0 Å². The summed E-state index contributed by atoms with van der Waals surface area (Å²) in [6, 6.07) is 5.48. The van der Waals surface area contributed by atoms with Gasteiger partial charge in [-0.1, -0.05) is 18.2 Å². The summed E-state index contributed by atoms with van der Waals surface area (Å²) in [4.78, 5) is 9.97. The summed E-state index contributed by atoms with van der Waals surface area (Å²) in [5, 5.41) is 9.97. The molecule has 1 rings (SSSR count). The summed E-state index contributed by atoms with van der Waals surface area (Å²) in [7, 11) is 0. The van der Waals surface area contributed by atoms with Gasteiger partial charge in [0.25, 0.3) is 0 Å². The average molecular weight is 172 g/mol. The molecule has 0 unspecified atom stereocenters. The van der Waals surface area contributed by atoms with Crippen LogP contribution in [0.5, 0.6) is 0 Å². The van der Waals surface area contributed by atoms with Crippen molar-refractivity contribution < 1.29 is 33.2 Å². The van der Waals surface area contributed by atoms with Gasteiger partial charge in [0.05, 0.1) is 5.97 Å². The minimum Gasteiger partial charge on any atom is -0.545 e. The molecule has 0 N–H and O–H groups in total. The molecule has 1 aromatic carbocycles. The number of hydrogen-bond acceptors (Lipinski definition) is 2. The van der Waals surface area contributed by atoms with Crippen LogP contribution < -0.4 is 24.0 Å². The van der Waals surface area contributed by atoms with Gasteiger partial charge in [0.15, 0.2) is 0 Å². The Morgan fingerprint density at radius 1 is 1.31 bits per heavy atom. The predicted octanol–water partition coefficient (Wildman–Crippen LogP) is -2.41. The molecule has 0 heterocycles. The molecule has 0 aliphatic rings. The number of carbonyl (C=O) groups is 1. The molecule has 2 nitrogen and oxygen atoms in total. The molecular formula is C9H6FLiO2. The molecule has 0 spiro atoms. The van der Waals surface area contributed by atoms with E-state index in [9.17, 15) is 14.3 Å². The van der Waals surface area contributed by atoms with Crippen LogP contribution in [-0.4, -0.2) is 5.97 Å². The van der Waals surface area contributed by atoms with Crippen molar-refractivity contribution in [2.45, 2.75) is 0 Å². The Hall–Kier alpha value is -1.04. The Bertz CT molecular complexity index is 306. The molecule has 1 aromatic rings. The maximum atomic E-state index is 12.3. The van der Waals surface area contributed by atoms with Crippen molar-refractivity contribution in [1.29, 1.82) is 0 Å². The van der Waals surface area contributed by atoms with Gasteiger partial charge in [-0.05, 0) is 23.8 Å². The zero-order chi connectivity index (χ0) is 8.97. The smallest absolute Gasteiger partial charge is 0.545 e. The fourth-order valence-electron chi connectivity index (χ4n) is 0.738. The minimum atomic E-state index is -1.26. The third-order valence-electron chi connectivity index (χ3n) is 1.28. The molecule has 0 radical (unpaired) electrons. The SMILES string of the molecule is O=C([O-])/C=C/c1ccc(F)cc1.[Li+]. The summed E-state index contributed by atoms with van der Waals surface area (Å²) in [6.07, 6.45) is 2.24. The molecule has 0 amide bonds. The standard InChI is InChI=1S/C9H7FO2.Li/c10-8-4-1-7(2-5-8)3-6-9(11)12;/h1-6H,(H,11,12);/q;+1/p-1/b6-3+;. The van der Waals surface area contributed by atoms with Crippen molar-refractivity contribution in [1.82, 2.24) is 0 Å². The number of carbonyl (C=O) groups excluding carboxylic acids is 1. The second-order valence-electron chi connectivity index (χ2n) is 2.20. The molecule has 0 aromatic heterocycles. The van der Waals surface area contributed by atoms with E-state index in [2.05, 4.69) is 0 Å². The molecular weight excluding hydrogens is 166 g/mol. The number of benzene rings is 1. The first kappa shape index (κ1) is 12.0. The number of hydrogen-bond donors (Lipinski definition) is 0. The Morgan fingerprint density at radius 3 is 2.31 bits per heavy atom. The Labute approximate surface area is 87.3 Å². The van der Waals surface area contributed by atoms with Gasteiger partial charge in [0, 0.05) is 0 Å². The number of halogens is 1. The van der Waals surface area contributed by atoms with Gasteiger partial charge in [-0.25, -0.2) is 4.39 Å². The first-order valence-corrected chi connectivity index (χ1v) is 3.33. The minimum absolute atomic E-state index is 0. The molecule has 62 valence electrons. The van der Waals surface area contributed by atoms with E-state index in [4.69, 9.17) is 0 Å². The summed E-state index contributed by atoms with van der Waals surface area (Å²) in [5.41, 5.74) is 0.626. The van der Waals surface area contributed by atoms with Crippen LogP contribution >= 0.6 is 0 Å². The van der Waals surface area contributed by atoms with Gasteiger partial charge in [0.1, 0.15) is 5.82 Å². The second kappa shape index (κ2) is 5.58. The van der Waals surface area contributed by atoms with E-state index in [1.54, 1.807) is 0 Å². The second-order valence-corrected chi connectivity index (χ2v) is 2.20. The van der Waals surface area contributed by atoms with E-state index in [-0.39, 0.29) is 24.7 Å². The maximum absolute atomic E-state index is 12.3. The number of rotatable bonds is 2. The van der Waals surface area contributed by atoms with Crippen LogP contribution in [0.1, 0.15) is 5.56 Å². The van der Waals surface area contributed by atoms with Crippen molar-refractivity contribution >= 4 is 12.0 Å². The normalized spacial score (nSPS) is 9.62. The van der Waals surface area contributed by atoms with Crippen LogP contribution in [0, 0.1) is 5.82 Å². The monoisotopic (exact) mass is 172 g/mol. The summed E-state index contributed by atoms with van der Waals surface area (Å²) < 4.78 is 12.3. The molecule has 0 atom stereocenters. The Morgan fingerprint density at radius 2 is 1.85 bits per heavy atom. The molecule has 13 heavy (non-hydrogen) atoms. The van der Waals surface area contributed by atoms with Crippen LogP contribution in [0.4, 0.5) is 4.39 Å². The first-order chi connectivity index (χ1) is 5.68. The first-order valence-electron chi connectivity index (χ1n) is 3.33. The quantitative estimate of drug-likeness (QED) is 0.368. The van der Waals surface area contributed by atoms with Gasteiger partial charge < -0.3 is 9.90 Å². The molecule has 0 aliphatic carbocycles. The fourth-order valence-corrected chi connectivity index (χ4v) is 0.738. The largest absolute Gasteiger partial charge is 1.00 e. The zero-order valence-electron chi connectivity index (χ0n) is 7.16. The maximum Gasteiger partial charge on any atom is 1.00 e. The van der Waals surface area contributed by atoms with Crippen molar-refractivity contribution in [2.75, 3.05) is 0 Å². The molecule has 0 fully saturated rings. The molecule has 0 saturated carbocycles. The van der Waals surface area contributed by atoms with Crippen molar-refractivity contribution in [3.8, 4) is 0 Å². The molecule has 0 saturated heterocycles. The zero-order valence-corrected chi connectivity index (χ0v) is 7.16. The average Bonchev–Trinajstić information content (AvgIpc) is 2.03. The van der Waals surface area contributed by atoms with Crippen molar-refractivity contribution in [3.05, 3.63) is 41.7 Å². The number of carboxylic acid groups (broad SMARTS) is 1. The predicted molar refractivity (Wildman–Crippen MR) is 40.4 cm³/mol. The summed E-state index contributed by atoms with van der Waals surface area (Å²) in [6.45, 7) is 0. The van der Waals surface area contributed by atoms with Crippen LogP contribution in [0.3, 0.4) is 0 Å². The van der Waals surface area contributed by atoms with Crippen LogP contribution in [0.25, 0.3) is 6.08 Å². The van der Waals surface area contributed by atoms with Crippen molar-refractivity contribution in [2.24, 2.45) is 0 Å². The van der Waals surface area contributed by atoms with Gasteiger partial charge in [-0.2, -0.15) is 0 Å². The number of carboxylic acids is 1. The van der Waals surface area contributed by atoms with Crippen LogP contribution in [0.2, 0.25) is 0 Å². The van der Waals surface area contributed by atoms with Gasteiger partial charge in [-0.3, -0.25) is 0 Å². The van der Waals surface area contributed by atoms with E-state index < -0.39 is 5.97 Å².